The molecule has 0 atom stereocenters. The van der Waals surface area contributed by atoms with E-state index in [4.69, 9.17) is 9.47 Å². The van der Waals surface area contributed by atoms with Gasteiger partial charge in [-0.05, 0) is 44.0 Å². The van der Waals surface area contributed by atoms with Gasteiger partial charge in [0.15, 0.2) is 9.84 Å². The summed E-state index contributed by atoms with van der Waals surface area (Å²) in [5, 5.41) is 0. The van der Waals surface area contributed by atoms with E-state index in [1.54, 1.807) is 24.3 Å². The number of benzene rings is 2. The number of rotatable bonds is 7. The van der Waals surface area contributed by atoms with Crippen LogP contribution in [0.25, 0.3) is 0 Å². The van der Waals surface area contributed by atoms with Gasteiger partial charge in [-0.2, -0.15) is 0 Å². The summed E-state index contributed by atoms with van der Waals surface area (Å²) in [7, 11) is -3.29. The topological polar surface area (TPSA) is 55.8 Å². The highest BCUT2D eigenvalue weighted by atomic mass is 32.2. The highest BCUT2D eigenvalue weighted by Crippen LogP contribution is 2.28. The molecule has 1 aliphatic rings. The molecule has 0 radical (unpaired) electrons. The predicted molar refractivity (Wildman–Crippen MR) is 106 cm³/mol. The number of sulfone groups is 1. The van der Waals surface area contributed by atoms with Crippen LogP contribution < -0.4 is 9.47 Å². The van der Waals surface area contributed by atoms with Gasteiger partial charge in [-0.3, -0.25) is 4.90 Å². The van der Waals surface area contributed by atoms with Gasteiger partial charge in [-0.25, -0.2) is 8.42 Å². The van der Waals surface area contributed by atoms with E-state index in [2.05, 4.69) is 11.8 Å². The predicted octanol–water partition coefficient (Wildman–Crippen LogP) is 3.40. The standard InChI is InChI=1S/C21H27NO4S/c1-21(26-18-8-4-3-5-9-18)12-14-22(15-13-21)16-17-25-19-10-6-7-11-20(19)27(2,23)24/h3-11H,12-17H2,1-2H3. The van der Waals surface area contributed by atoms with Crippen molar-refractivity contribution >= 4 is 9.84 Å². The van der Waals surface area contributed by atoms with Gasteiger partial charge < -0.3 is 9.47 Å². The Labute approximate surface area is 161 Å². The minimum atomic E-state index is -3.29. The van der Waals surface area contributed by atoms with Crippen molar-refractivity contribution in [1.29, 1.82) is 0 Å². The fraction of sp³-hybridized carbons (Fsp3) is 0.429. The maximum atomic E-state index is 11.8. The zero-order valence-corrected chi connectivity index (χ0v) is 16.7. The Morgan fingerprint density at radius 3 is 2.30 bits per heavy atom. The Morgan fingerprint density at radius 1 is 1.00 bits per heavy atom. The average molecular weight is 390 g/mol. The van der Waals surface area contributed by atoms with E-state index >= 15 is 0 Å². The zero-order valence-electron chi connectivity index (χ0n) is 15.9. The van der Waals surface area contributed by atoms with Gasteiger partial charge in [0.1, 0.15) is 28.6 Å². The van der Waals surface area contributed by atoms with Crippen molar-refractivity contribution in [2.75, 3.05) is 32.5 Å². The SMILES string of the molecule is CC1(Oc2ccccc2)CCN(CCOc2ccccc2S(C)(=O)=O)CC1. The smallest absolute Gasteiger partial charge is 0.179 e. The summed E-state index contributed by atoms with van der Waals surface area (Å²) in [6, 6.07) is 16.7. The summed E-state index contributed by atoms with van der Waals surface area (Å²) in [6.07, 6.45) is 3.09. The molecule has 5 nitrogen and oxygen atoms in total. The van der Waals surface area contributed by atoms with Crippen LogP contribution in [-0.2, 0) is 9.84 Å². The second-order valence-corrected chi connectivity index (χ2v) is 9.26. The third-order valence-corrected chi connectivity index (χ3v) is 6.07. The molecule has 27 heavy (non-hydrogen) atoms. The summed E-state index contributed by atoms with van der Waals surface area (Å²) >= 11 is 0. The van der Waals surface area contributed by atoms with Gasteiger partial charge in [0.25, 0.3) is 0 Å². The molecule has 1 fully saturated rings. The van der Waals surface area contributed by atoms with Gasteiger partial charge in [0.2, 0.25) is 0 Å². The van der Waals surface area contributed by atoms with Crippen LogP contribution in [0.3, 0.4) is 0 Å². The molecule has 0 N–H and O–H groups in total. The molecule has 0 unspecified atom stereocenters. The quantitative estimate of drug-likeness (QED) is 0.726. The highest BCUT2D eigenvalue weighted by Gasteiger charge is 2.31. The fourth-order valence-electron chi connectivity index (χ4n) is 3.29. The van der Waals surface area contributed by atoms with Crippen molar-refractivity contribution in [1.82, 2.24) is 4.90 Å². The van der Waals surface area contributed by atoms with Crippen molar-refractivity contribution < 1.29 is 17.9 Å². The van der Waals surface area contributed by atoms with E-state index in [0.29, 0.717) is 12.4 Å². The number of nitrogens with zero attached hydrogens (tertiary/aromatic N) is 1. The van der Waals surface area contributed by atoms with Crippen molar-refractivity contribution in [2.45, 2.75) is 30.3 Å². The molecule has 0 spiro atoms. The molecule has 0 amide bonds. The van der Waals surface area contributed by atoms with E-state index in [9.17, 15) is 8.42 Å². The Bertz CT molecular complexity index is 843. The molecular formula is C21H27NO4S. The summed E-state index contributed by atoms with van der Waals surface area (Å²) < 4.78 is 35.6. The lowest BCUT2D eigenvalue weighted by atomic mass is 9.93. The van der Waals surface area contributed by atoms with Crippen LogP contribution >= 0.6 is 0 Å². The molecule has 0 aromatic heterocycles. The number of hydrogen-bond donors (Lipinski definition) is 0. The normalized spacial score (nSPS) is 17.4. The second kappa shape index (κ2) is 8.31. The van der Waals surface area contributed by atoms with Gasteiger partial charge in [0, 0.05) is 25.9 Å². The number of para-hydroxylation sites is 2. The monoisotopic (exact) mass is 389 g/mol. The average Bonchev–Trinajstić information content (AvgIpc) is 2.64. The van der Waals surface area contributed by atoms with Crippen molar-refractivity contribution in [3.8, 4) is 11.5 Å². The van der Waals surface area contributed by atoms with E-state index in [0.717, 1.165) is 38.2 Å². The third kappa shape index (κ3) is 5.47. The molecule has 1 saturated heterocycles. The molecular weight excluding hydrogens is 362 g/mol. The Kier molecular flexibility index (Phi) is 6.07. The van der Waals surface area contributed by atoms with Crippen LogP contribution in [0, 0.1) is 0 Å². The van der Waals surface area contributed by atoms with E-state index in [1.165, 1.54) is 6.26 Å². The zero-order chi connectivity index (χ0) is 19.3. The van der Waals surface area contributed by atoms with Gasteiger partial charge in [-0.15, -0.1) is 0 Å². The summed E-state index contributed by atoms with van der Waals surface area (Å²) in [5.41, 5.74) is -0.151. The van der Waals surface area contributed by atoms with Crippen molar-refractivity contribution in [2.24, 2.45) is 0 Å². The number of hydrogen-bond acceptors (Lipinski definition) is 5. The lowest BCUT2D eigenvalue weighted by Gasteiger charge is -2.39. The Hall–Kier alpha value is -2.05. The molecule has 0 bridgehead atoms. The van der Waals surface area contributed by atoms with Gasteiger partial charge in [-0.1, -0.05) is 30.3 Å². The van der Waals surface area contributed by atoms with Crippen LogP contribution in [0.4, 0.5) is 0 Å². The highest BCUT2D eigenvalue weighted by molar-refractivity contribution is 7.90. The van der Waals surface area contributed by atoms with Crippen LogP contribution in [0.1, 0.15) is 19.8 Å². The van der Waals surface area contributed by atoms with Crippen LogP contribution in [0.2, 0.25) is 0 Å². The lowest BCUT2D eigenvalue weighted by molar-refractivity contribution is 0.0135. The first-order valence-electron chi connectivity index (χ1n) is 9.24. The molecule has 1 aliphatic heterocycles. The van der Waals surface area contributed by atoms with Crippen molar-refractivity contribution in [3.05, 3.63) is 54.6 Å². The second-order valence-electron chi connectivity index (χ2n) is 7.27. The number of likely N-dealkylation sites (tertiary alicyclic amines) is 1. The minimum absolute atomic E-state index is 0.151. The van der Waals surface area contributed by atoms with E-state index in [1.807, 2.05) is 30.3 Å². The molecule has 6 heteroatoms. The first kappa shape index (κ1) is 19.7. The minimum Gasteiger partial charge on any atom is -0.491 e. The first-order valence-corrected chi connectivity index (χ1v) is 11.1. The van der Waals surface area contributed by atoms with E-state index in [-0.39, 0.29) is 10.5 Å². The van der Waals surface area contributed by atoms with Crippen LogP contribution in [-0.4, -0.2) is 51.4 Å². The molecule has 3 rings (SSSR count). The molecule has 2 aromatic carbocycles. The van der Waals surface area contributed by atoms with Crippen LogP contribution in [0.5, 0.6) is 11.5 Å². The Balaban J connectivity index is 1.48. The Morgan fingerprint density at radius 2 is 1.63 bits per heavy atom. The third-order valence-electron chi connectivity index (χ3n) is 4.93. The molecule has 2 aromatic rings. The first-order chi connectivity index (χ1) is 12.9. The van der Waals surface area contributed by atoms with Gasteiger partial charge in [0.05, 0.1) is 0 Å². The maximum Gasteiger partial charge on any atom is 0.179 e. The largest absolute Gasteiger partial charge is 0.491 e. The lowest BCUT2D eigenvalue weighted by Crippen LogP contribution is -2.47. The molecule has 0 saturated carbocycles. The molecule has 146 valence electrons. The number of ether oxygens (including phenoxy) is 2. The number of piperidine rings is 1. The summed E-state index contributed by atoms with van der Waals surface area (Å²) in [5.74, 6) is 1.34. The fourth-order valence-corrected chi connectivity index (χ4v) is 4.10. The van der Waals surface area contributed by atoms with E-state index < -0.39 is 9.84 Å². The van der Waals surface area contributed by atoms with Crippen LogP contribution in [0.15, 0.2) is 59.5 Å². The van der Waals surface area contributed by atoms with Crippen molar-refractivity contribution in [3.63, 3.8) is 0 Å². The molecule has 1 heterocycles. The molecule has 0 aliphatic carbocycles. The van der Waals surface area contributed by atoms with Gasteiger partial charge >= 0.3 is 0 Å². The summed E-state index contributed by atoms with van der Waals surface area (Å²) in [4.78, 5) is 2.58. The summed E-state index contributed by atoms with van der Waals surface area (Å²) in [6.45, 7) is 5.25. The maximum absolute atomic E-state index is 11.8.